The highest BCUT2D eigenvalue weighted by atomic mass is 31.2. The number of ether oxygens (including phenoxy) is 1. The van der Waals surface area contributed by atoms with Gasteiger partial charge in [-0.2, -0.15) is 0 Å². The first-order valence-electron chi connectivity index (χ1n) is 16.2. The molecule has 0 aromatic rings. The minimum absolute atomic E-state index is 0.121. The Balaban J connectivity index is 2.32. The van der Waals surface area contributed by atoms with Gasteiger partial charge in [0.1, 0.15) is 13.2 Å². The third-order valence-corrected chi connectivity index (χ3v) is 9.17. The molecule has 0 amide bonds. The molecule has 0 spiro atoms. The van der Waals surface area contributed by atoms with E-state index in [1.165, 1.54) is 83.5 Å². The lowest BCUT2D eigenvalue weighted by Crippen LogP contribution is -2.41. The zero-order valence-corrected chi connectivity index (χ0v) is 27.1. The number of carbonyl (C=O) groups is 1. The molecule has 8 heteroatoms. The summed E-state index contributed by atoms with van der Waals surface area (Å²) in [6.07, 6.45) is 22.8. The lowest BCUT2D eigenvalue weighted by atomic mass is 9.79. The predicted octanol–water partition coefficient (Wildman–Crippen LogP) is 8.58. The normalized spacial score (nSPS) is 21.2. The second-order valence-electron chi connectivity index (χ2n) is 12.7. The lowest BCUT2D eigenvalue weighted by molar-refractivity contribution is -0.870. The lowest BCUT2D eigenvalue weighted by Gasteiger charge is -2.33. The van der Waals surface area contributed by atoms with Crippen LogP contribution in [0, 0.1) is 5.41 Å². The minimum Gasteiger partial charge on any atom is -0.465 e. The molecule has 232 valence electrons. The Labute approximate surface area is 240 Å². The third-order valence-electron chi connectivity index (χ3n) is 8.14. The van der Waals surface area contributed by atoms with Crippen molar-refractivity contribution in [3.05, 3.63) is 0 Å². The summed E-state index contributed by atoms with van der Waals surface area (Å²) in [5, 5.41) is 0. The first-order valence-corrected chi connectivity index (χ1v) is 17.7. The highest BCUT2D eigenvalue weighted by Gasteiger charge is 2.52. The van der Waals surface area contributed by atoms with Gasteiger partial charge in [0.05, 0.1) is 39.3 Å². The predicted molar refractivity (Wildman–Crippen MR) is 161 cm³/mol. The molecule has 3 atom stereocenters. The fraction of sp³-hybridized carbons (Fsp3) is 0.968. The Bertz CT molecular complexity index is 682. The molecular formula is C31H63NO6P+. The number of carbonyl (C=O) groups excluding carboxylic acids is 1. The number of esters is 1. The van der Waals surface area contributed by atoms with Gasteiger partial charge in [-0.05, 0) is 32.6 Å². The molecule has 0 radical (unpaired) electrons. The van der Waals surface area contributed by atoms with Crippen molar-refractivity contribution in [3.8, 4) is 0 Å². The van der Waals surface area contributed by atoms with Crippen molar-refractivity contribution in [1.82, 2.24) is 0 Å². The second-order valence-corrected chi connectivity index (χ2v) is 14.1. The minimum atomic E-state index is -4.26. The van der Waals surface area contributed by atoms with Crippen molar-refractivity contribution in [2.45, 2.75) is 148 Å². The standard InChI is InChI=1S/C31H62NO6P/c1-6-8-9-10-11-12-13-14-15-16-17-18-19-20-21-22-25-31(30(33)36-7-2)26-23-24-29(31)38-39(34,35)37-28-27-32(3,4)5/h29H,6-28H2,1-5H3/p+1/t29-,31+/m0/s1. The van der Waals surface area contributed by atoms with Crippen LogP contribution in [0.25, 0.3) is 0 Å². The van der Waals surface area contributed by atoms with Crippen LogP contribution in [0.1, 0.15) is 142 Å². The van der Waals surface area contributed by atoms with Crippen LogP contribution in [0.5, 0.6) is 0 Å². The smallest absolute Gasteiger partial charge is 0.465 e. The quantitative estimate of drug-likeness (QED) is 0.0507. The summed E-state index contributed by atoms with van der Waals surface area (Å²) in [6.45, 7) is 5.07. The molecule has 0 aromatic carbocycles. The maximum Gasteiger partial charge on any atom is 0.472 e. The number of quaternary nitrogens is 1. The van der Waals surface area contributed by atoms with E-state index in [9.17, 15) is 14.3 Å². The number of hydrogen-bond donors (Lipinski definition) is 1. The SMILES string of the molecule is CCCCCCCCCCCCCCCCCC[C@@]1(C(=O)OCC)CCC[C@@H]1OP(=O)(O)OCC[N+](C)(C)C. The van der Waals surface area contributed by atoms with E-state index in [2.05, 4.69) is 6.92 Å². The molecular weight excluding hydrogens is 513 g/mol. The largest absolute Gasteiger partial charge is 0.472 e. The molecule has 0 heterocycles. The molecule has 1 N–H and O–H groups in total. The van der Waals surface area contributed by atoms with Gasteiger partial charge >= 0.3 is 13.8 Å². The second kappa shape index (κ2) is 20.4. The van der Waals surface area contributed by atoms with Gasteiger partial charge in [0.2, 0.25) is 0 Å². The summed E-state index contributed by atoms with van der Waals surface area (Å²) in [6, 6.07) is 0. The van der Waals surface area contributed by atoms with E-state index in [4.69, 9.17) is 13.8 Å². The molecule has 0 aliphatic heterocycles. The van der Waals surface area contributed by atoms with E-state index in [1.807, 2.05) is 21.1 Å². The van der Waals surface area contributed by atoms with Crippen LogP contribution in [0.2, 0.25) is 0 Å². The molecule has 1 fully saturated rings. The number of phosphoric ester groups is 1. The number of rotatable bonds is 25. The Kier molecular flexibility index (Phi) is 19.1. The van der Waals surface area contributed by atoms with Gasteiger partial charge in [-0.3, -0.25) is 13.8 Å². The number of nitrogens with zero attached hydrogens (tertiary/aromatic N) is 1. The van der Waals surface area contributed by atoms with Crippen molar-refractivity contribution in [2.24, 2.45) is 5.41 Å². The van der Waals surface area contributed by atoms with Crippen molar-refractivity contribution >= 4 is 13.8 Å². The maximum atomic E-state index is 13.1. The molecule has 7 nitrogen and oxygen atoms in total. The first-order chi connectivity index (χ1) is 18.6. The Hall–Kier alpha value is -0.460. The van der Waals surface area contributed by atoms with E-state index in [0.717, 1.165) is 25.7 Å². The first kappa shape index (κ1) is 36.6. The summed E-state index contributed by atoms with van der Waals surface area (Å²) in [4.78, 5) is 23.5. The van der Waals surface area contributed by atoms with E-state index in [-0.39, 0.29) is 12.6 Å². The molecule has 1 rings (SSSR count). The van der Waals surface area contributed by atoms with Gasteiger partial charge in [-0.15, -0.1) is 0 Å². The van der Waals surface area contributed by atoms with Crippen LogP contribution in [0.15, 0.2) is 0 Å². The fourth-order valence-electron chi connectivity index (χ4n) is 5.70. The van der Waals surface area contributed by atoms with Gasteiger partial charge in [0.25, 0.3) is 0 Å². The van der Waals surface area contributed by atoms with Crippen molar-refractivity contribution < 1.29 is 32.5 Å². The summed E-state index contributed by atoms with van der Waals surface area (Å²) in [5.74, 6) is -0.292. The monoisotopic (exact) mass is 576 g/mol. The highest BCUT2D eigenvalue weighted by Crippen LogP contribution is 2.54. The van der Waals surface area contributed by atoms with E-state index in [0.29, 0.717) is 36.9 Å². The average Bonchev–Trinajstić information content (AvgIpc) is 3.25. The van der Waals surface area contributed by atoms with E-state index >= 15 is 0 Å². The third kappa shape index (κ3) is 16.5. The van der Waals surface area contributed by atoms with Crippen molar-refractivity contribution in [1.29, 1.82) is 0 Å². The van der Waals surface area contributed by atoms with Crippen LogP contribution in [0.3, 0.4) is 0 Å². The van der Waals surface area contributed by atoms with E-state index < -0.39 is 19.3 Å². The fourth-order valence-corrected chi connectivity index (χ4v) is 6.70. The van der Waals surface area contributed by atoms with Crippen LogP contribution >= 0.6 is 7.82 Å². The molecule has 1 unspecified atom stereocenters. The van der Waals surface area contributed by atoms with Crippen molar-refractivity contribution in [3.63, 3.8) is 0 Å². The number of phosphoric acid groups is 1. The Morgan fingerprint density at radius 3 is 1.79 bits per heavy atom. The zero-order valence-electron chi connectivity index (χ0n) is 26.2. The van der Waals surface area contributed by atoms with Crippen LogP contribution in [-0.4, -0.2) is 62.4 Å². The molecule has 1 aliphatic carbocycles. The maximum absolute atomic E-state index is 13.1. The van der Waals surface area contributed by atoms with Crippen LogP contribution in [-0.2, 0) is 23.1 Å². The molecule has 39 heavy (non-hydrogen) atoms. The molecule has 1 aliphatic rings. The molecule has 0 bridgehead atoms. The molecule has 0 saturated heterocycles. The Morgan fingerprint density at radius 2 is 1.33 bits per heavy atom. The molecule has 0 aromatic heterocycles. The number of unbranched alkanes of at least 4 members (excludes halogenated alkanes) is 15. The topological polar surface area (TPSA) is 82.1 Å². The summed E-state index contributed by atoms with van der Waals surface area (Å²) >= 11 is 0. The number of likely N-dealkylation sites (N-methyl/N-ethyl adjacent to an activating group) is 1. The van der Waals surface area contributed by atoms with E-state index in [1.54, 1.807) is 6.92 Å². The number of hydrogen-bond acceptors (Lipinski definition) is 5. The van der Waals surface area contributed by atoms with Crippen molar-refractivity contribution in [2.75, 3.05) is 40.9 Å². The van der Waals surface area contributed by atoms with Gasteiger partial charge in [-0.1, -0.05) is 110 Å². The summed E-state index contributed by atoms with van der Waals surface area (Å²) in [7, 11) is 1.72. The average molecular weight is 577 g/mol. The summed E-state index contributed by atoms with van der Waals surface area (Å²) < 4.78 is 29.7. The van der Waals surface area contributed by atoms with Crippen LogP contribution < -0.4 is 0 Å². The zero-order chi connectivity index (χ0) is 29.0. The van der Waals surface area contributed by atoms with Crippen LogP contribution in [0.4, 0.5) is 0 Å². The van der Waals surface area contributed by atoms with Gasteiger partial charge in [-0.25, -0.2) is 4.57 Å². The molecule has 1 saturated carbocycles. The van der Waals surface area contributed by atoms with Gasteiger partial charge < -0.3 is 14.1 Å². The summed E-state index contributed by atoms with van der Waals surface area (Å²) in [5.41, 5.74) is -0.853. The Morgan fingerprint density at radius 1 is 0.846 bits per heavy atom. The van der Waals surface area contributed by atoms with Gasteiger partial charge in [0.15, 0.2) is 0 Å². The highest BCUT2D eigenvalue weighted by molar-refractivity contribution is 7.47. The van der Waals surface area contributed by atoms with Gasteiger partial charge in [0, 0.05) is 0 Å².